The molecule has 1 unspecified atom stereocenters. The maximum absolute atomic E-state index is 10.7. The van der Waals surface area contributed by atoms with Crippen molar-refractivity contribution in [2.45, 2.75) is 32.3 Å². The Kier molecular flexibility index (Phi) is 4.45. The second-order valence-corrected chi connectivity index (χ2v) is 2.35. The molecule has 4 heteroatoms. The van der Waals surface area contributed by atoms with Crippen LogP contribution in [0.3, 0.4) is 0 Å². The summed E-state index contributed by atoms with van der Waals surface area (Å²) in [5.41, 5.74) is 0. The second-order valence-electron chi connectivity index (χ2n) is 2.35. The Balaban J connectivity index is 3.66. The van der Waals surface area contributed by atoms with Crippen LogP contribution in [-0.2, 0) is 9.59 Å². The van der Waals surface area contributed by atoms with Gasteiger partial charge in [-0.3, -0.25) is 4.79 Å². The second kappa shape index (κ2) is 4.85. The summed E-state index contributed by atoms with van der Waals surface area (Å²) >= 11 is 0. The first kappa shape index (κ1) is 10.1. The Morgan fingerprint density at radius 1 is 1.45 bits per heavy atom. The van der Waals surface area contributed by atoms with Crippen LogP contribution >= 0.6 is 0 Å². The highest BCUT2D eigenvalue weighted by Gasteiger charge is 2.16. The summed E-state index contributed by atoms with van der Waals surface area (Å²) in [6.07, 6.45) is -0.785. The first-order valence-corrected chi connectivity index (χ1v) is 3.50. The van der Waals surface area contributed by atoms with E-state index in [9.17, 15) is 9.59 Å². The quantitative estimate of drug-likeness (QED) is 0.602. The molecule has 1 atom stereocenters. The number of ketones is 1. The van der Waals surface area contributed by atoms with Crippen molar-refractivity contribution in [2.24, 2.45) is 0 Å². The summed E-state index contributed by atoms with van der Waals surface area (Å²) < 4.78 is 0. The van der Waals surface area contributed by atoms with Crippen LogP contribution in [0.5, 0.6) is 0 Å². The lowest BCUT2D eigenvalue weighted by Crippen LogP contribution is -2.22. The van der Waals surface area contributed by atoms with Crippen molar-refractivity contribution in [3.05, 3.63) is 0 Å². The van der Waals surface area contributed by atoms with Gasteiger partial charge in [-0.05, 0) is 6.42 Å². The number of hydrogen-bond acceptors (Lipinski definition) is 3. The molecule has 0 aromatic rings. The Bertz CT molecular complexity index is 153. The first-order valence-electron chi connectivity index (χ1n) is 3.50. The van der Waals surface area contributed by atoms with Crippen LogP contribution in [-0.4, -0.2) is 28.1 Å². The number of Topliss-reactive ketones (excluding diaryl/α,β-unsaturated/α-hetero) is 1. The Morgan fingerprint density at radius 3 is 2.36 bits per heavy atom. The minimum atomic E-state index is -1.53. The first-order chi connectivity index (χ1) is 5.07. The molecule has 0 heterocycles. The summed E-state index contributed by atoms with van der Waals surface area (Å²) in [5, 5.41) is 16.9. The number of rotatable bonds is 5. The van der Waals surface area contributed by atoms with Crippen molar-refractivity contribution in [1.82, 2.24) is 0 Å². The zero-order valence-corrected chi connectivity index (χ0v) is 6.41. The minimum Gasteiger partial charge on any atom is -0.479 e. The Hall–Kier alpha value is -0.900. The zero-order valence-electron chi connectivity index (χ0n) is 6.41. The fraction of sp³-hybridized carbons (Fsp3) is 0.714. The van der Waals surface area contributed by atoms with Gasteiger partial charge in [0.05, 0.1) is 0 Å². The van der Waals surface area contributed by atoms with Crippen LogP contribution in [0, 0.1) is 0 Å². The maximum Gasteiger partial charge on any atom is 0.332 e. The van der Waals surface area contributed by atoms with Gasteiger partial charge in [0, 0.05) is 12.8 Å². The standard InChI is InChI=1S/C7H12O4/c1-2-3-5(8)4-6(9)7(10)11/h6,9H,2-4H2,1H3,(H,10,11). The number of carboxylic acid groups (broad SMARTS) is 1. The summed E-state index contributed by atoms with van der Waals surface area (Å²) in [7, 11) is 0. The number of aliphatic hydroxyl groups excluding tert-OH is 1. The molecule has 0 amide bonds. The molecule has 0 aromatic carbocycles. The lowest BCUT2D eigenvalue weighted by Gasteiger charge is -2.02. The number of aliphatic carboxylic acids is 1. The molecule has 4 nitrogen and oxygen atoms in total. The molecule has 0 aliphatic heterocycles. The largest absolute Gasteiger partial charge is 0.479 e. The van der Waals surface area contributed by atoms with Crippen LogP contribution in [0.25, 0.3) is 0 Å². The van der Waals surface area contributed by atoms with Gasteiger partial charge in [0.1, 0.15) is 5.78 Å². The van der Waals surface area contributed by atoms with Gasteiger partial charge in [-0.25, -0.2) is 4.79 Å². The Morgan fingerprint density at radius 2 is 2.00 bits per heavy atom. The van der Waals surface area contributed by atoms with Crippen molar-refractivity contribution in [1.29, 1.82) is 0 Å². The molecule has 0 rings (SSSR count). The Labute approximate surface area is 64.8 Å². The van der Waals surface area contributed by atoms with E-state index in [0.29, 0.717) is 12.8 Å². The summed E-state index contributed by atoms with van der Waals surface area (Å²) in [6, 6.07) is 0. The van der Waals surface area contributed by atoms with Crippen molar-refractivity contribution >= 4 is 11.8 Å². The smallest absolute Gasteiger partial charge is 0.332 e. The number of carbonyl (C=O) groups excluding carboxylic acids is 1. The monoisotopic (exact) mass is 160 g/mol. The van der Waals surface area contributed by atoms with Crippen LogP contribution in [0.1, 0.15) is 26.2 Å². The van der Waals surface area contributed by atoms with Gasteiger partial charge >= 0.3 is 5.97 Å². The van der Waals surface area contributed by atoms with E-state index in [0.717, 1.165) is 0 Å². The van der Waals surface area contributed by atoms with Gasteiger partial charge < -0.3 is 10.2 Å². The highest BCUT2D eigenvalue weighted by molar-refractivity contribution is 5.84. The highest BCUT2D eigenvalue weighted by Crippen LogP contribution is 1.98. The van der Waals surface area contributed by atoms with Crippen LogP contribution in [0.15, 0.2) is 0 Å². The molecule has 0 bridgehead atoms. The highest BCUT2D eigenvalue weighted by atomic mass is 16.4. The number of aliphatic hydroxyl groups is 1. The number of carbonyl (C=O) groups is 2. The van der Waals surface area contributed by atoms with Gasteiger partial charge in [-0.15, -0.1) is 0 Å². The number of carboxylic acids is 1. The van der Waals surface area contributed by atoms with Crippen molar-refractivity contribution < 1.29 is 19.8 Å². The molecule has 2 N–H and O–H groups in total. The SMILES string of the molecule is CCCC(=O)CC(O)C(=O)O. The van der Waals surface area contributed by atoms with Gasteiger partial charge in [0.15, 0.2) is 6.10 Å². The van der Waals surface area contributed by atoms with Gasteiger partial charge in [0.2, 0.25) is 0 Å². The predicted octanol–water partition coefficient (Wildman–Crippen LogP) is 0.191. The van der Waals surface area contributed by atoms with E-state index in [1.54, 1.807) is 0 Å². The lowest BCUT2D eigenvalue weighted by molar-refractivity contribution is -0.148. The van der Waals surface area contributed by atoms with Crippen LogP contribution in [0.4, 0.5) is 0 Å². The summed E-state index contributed by atoms with van der Waals surface area (Å²) in [5.74, 6) is -1.54. The van der Waals surface area contributed by atoms with Crippen LogP contribution in [0.2, 0.25) is 0 Å². The van der Waals surface area contributed by atoms with Crippen molar-refractivity contribution in [2.75, 3.05) is 0 Å². The van der Waals surface area contributed by atoms with E-state index in [2.05, 4.69) is 0 Å². The summed E-state index contributed by atoms with van der Waals surface area (Å²) in [6.45, 7) is 1.82. The van der Waals surface area contributed by atoms with Crippen molar-refractivity contribution in [3.8, 4) is 0 Å². The molecule has 0 aliphatic carbocycles. The average Bonchev–Trinajstić information content (AvgIpc) is 1.87. The molecule has 64 valence electrons. The molecule has 0 aromatic heterocycles. The molecule has 0 saturated carbocycles. The molecule has 0 aliphatic rings. The molecular weight excluding hydrogens is 148 g/mol. The van der Waals surface area contributed by atoms with E-state index in [1.165, 1.54) is 0 Å². The normalized spacial score (nSPS) is 12.5. The molecule has 0 spiro atoms. The van der Waals surface area contributed by atoms with E-state index >= 15 is 0 Å². The van der Waals surface area contributed by atoms with E-state index in [1.807, 2.05) is 6.92 Å². The molecular formula is C7H12O4. The summed E-state index contributed by atoms with van der Waals surface area (Å²) in [4.78, 5) is 20.8. The average molecular weight is 160 g/mol. The topological polar surface area (TPSA) is 74.6 Å². The molecule has 11 heavy (non-hydrogen) atoms. The third kappa shape index (κ3) is 4.50. The van der Waals surface area contributed by atoms with E-state index in [4.69, 9.17) is 10.2 Å². The fourth-order valence-corrected chi connectivity index (χ4v) is 0.684. The predicted molar refractivity (Wildman–Crippen MR) is 38.2 cm³/mol. The minimum absolute atomic E-state index is 0.206. The molecule has 0 radical (unpaired) electrons. The third-order valence-electron chi connectivity index (χ3n) is 1.23. The van der Waals surface area contributed by atoms with Crippen molar-refractivity contribution in [3.63, 3.8) is 0 Å². The van der Waals surface area contributed by atoms with Crippen LogP contribution < -0.4 is 0 Å². The van der Waals surface area contributed by atoms with Gasteiger partial charge in [-0.2, -0.15) is 0 Å². The van der Waals surface area contributed by atoms with Gasteiger partial charge in [0.25, 0.3) is 0 Å². The third-order valence-corrected chi connectivity index (χ3v) is 1.23. The van der Waals surface area contributed by atoms with E-state index < -0.39 is 12.1 Å². The molecule has 0 fully saturated rings. The van der Waals surface area contributed by atoms with Gasteiger partial charge in [-0.1, -0.05) is 6.92 Å². The number of hydrogen-bond donors (Lipinski definition) is 2. The zero-order chi connectivity index (χ0) is 8.85. The lowest BCUT2D eigenvalue weighted by atomic mass is 10.1. The maximum atomic E-state index is 10.7. The molecule has 0 saturated heterocycles. The van der Waals surface area contributed by atoms with E-state index in [-0.39, 0.29) is 12.2 Å². The fourth-order valence-electron chi connectivity index (χ4n) is 0.684.